The van der Waals surface area contributed by atoms with E-state index >= 15 is 0 Å². The quantitative estimate of drug-likeness (QED) is 0.0617. The maximum Gasteiger partial charge on any atom is 0.306 e. The highest BCUT2D eigenvalue weighted by molar-refractivity contribution is 7.45. The van der Waals surface area contributed by atoms with E-state index in [4.69, 9.17) is 13.8 Å². The summed E-state index contributed by atoms with van der Waals surface area (Å²) in [5, 5.41) is 9.35. The number of esters is 1. The molecule has 0 heterocycles. The fourth-order valence-corrected chi connectivity index (χ4v) is 3.67. The Morgan fingerprint density at radius 2 is 1.46 bits per heavy atom. The third kappa shape index (κ3) is 25.9. The van der Waals surface area contributed by atoms with Crippen LogP contribution in [-0.4, -0.2) is 69.2 Å². The number of carbonyl (C=O) groups excluding carboxylic acids is 1. The zero-order valence-electron chi connectivity index (χ0n) is 23.4. The van der Waals surface area contributed by atoms with E-state index in [2.05, 4.69) is 43.4 Å². The summed E-state index contributed by atoms with van der Waals surface area (Å²) in [6, 6.07) is 0. The second-order valence-corrected chi connectivity index (χ2v) is 11.3. The molecule has 8 nitrogen and oxygen atoms in total. The van der Waals surface area contributed by atoms with Crippen molar-refractivity contribution in [2.45, 2.75) is 77.2 Å². The van der Waals surface area contributed by atoms with Crippen LogP contribution in [0, 0.1) is 0 Å². The van der Waals surface area contributed by atoms with E-state index in [1.807, 2.05) is 33.3 Å². The van der Waals surface area contributed by atoms with Gasteiger partial charge < -0.3 is 28.3 Å². The smallest absolute Gasteiger partial charge is 0.306 e. The number of aliphatic hydroxyl groups is 1. The van der Waals surface area contributed by atoms with E-state index in [9.17, 15) is 19.4 Å². The Balaban J connectivity index is 3.94. The van der Waals surface area contributed by atoms with Crippen LogP contribution in [0.1, 0.15) is 71.1 Å². The summed E-state index contributed by atoms with van der Waals surface area (Å²) in [6.45, 7) is 1.65. The molecule has 0 aromatic rings. The highest BCUT2D eigenvalue weighted by atomic mass is 31.2. The first-order valence-corrected chi connectivity index (χ1v) is 14.9. The fraction of sp³-hybridized carbons (Fsp3) is 0.679. The molecule has 1 N–H and O–H groups in total. The van der Waals surface area contributed by atoms with Crippen molar-refractivity contribution >= 4 is 13.8 Å². The third-order valence-corrected chi connectivity index (χ3v) is 6.12. The molecule has 0 saturated carbocycles. The van der Waals surface area contributed by atoms with Crippen LogP contribution < -0.4 is 4.89 Å². The van der Waals surface area contributed by atoms with Crippen molar-refractivity contribution in [3.63, 3.8) is 0 Å². The van der Waals surface area contributed by atoms with Crippen LogP contribution in [0.3, 0.4) is 0 Å². The summed E-state index contributed by atoms with van der Waals surface area (Å²) in [5.74, 6) is -0.533. The molecule has 0 aliphatic carbocycles. The number of quaternary nitrogens is 1. The van der Waals surface area contributed by atoms with E-state index < -0.39 is 33.1 Å². The molecule has 0 bridgehead atoms. The normalized spacial score (nSPS) is 15.3. The van der Waals surface area contributed by atoms with Gasteiger partial charge in [-0.1, -0.05) is 74.8 Å². The lowest BCUT2D eigenvalue weighted by atomic mass is 10.1. The molecule has 0 fully saturated rings. The first-order chi connectivity index (χ1) is 17.6. The molecular formula is C28H50NO7P. The first-order valence-electron chi connectivity index (χ1n) is 13.4. The first kappa shape index (κ1) is 35.5. The van der Waals surface area contributed by atoms with Gasteiger partial charge in [0.2, 0.25) is 0 Å². The van der Waals surface area contributed by atoms with Crippen molar-refractivity contribution in [2.75, 3.05) is 47.5 Å². The predicted octanol–water partition coefficient (Wildman–Crippen LogP) is 5.24. The number of ether oxygens (including phenoxy) is 1. The number of likely N-dealkylation sites (N-methyl/N-ethyl adjacent to an activating group) is 1. The topological polar surface area (TPSA) is 105 Å². The maximum atomic E-state index is 11.9. The van der Waals surface area contributed by atoms with Crippen LogP contribution >= 0.6 is 7.82 Å². The molecule has 0 amide bonds. The molecule has 0 saturated heterocycles. The van der Waals surface area contributed by atoms with E-state index in [0.29, 0.717) is 17.4 Å². The van der Waals surface area contributed by atoms with Crippen LogP contribution in [-0.2, 0) is 23.1 Å². The van der Waals surface area contributed by atoms with Crippen LogP contribution in [0.25, 0.3) is 0 Å². The van der Waals surface area contributed by atoms with Crippen molar-refractivity contribution in [3.05, 3.63) is 48.6 Å². The number of hydrogen-bond donors (Lipinski definition) is 1. The summed E-state index contributed by atoms with van der Waals surface area (Å²) in [7, 11) is 1.18. The Labute approximate surface area is 224 Å². The SMILES string of the molecule is CCCCCC/C=C\C/C=C\C/C=C\C/C=C\CCC(=O)OC(CO)COP(=O)([O-])OCC[N+](C)(C)C. The van der Waals surface area contributed by atoms with Crippen molar-refractivity contribution in [2.24, 2.45) is 0 Å². The van der Waals surface area contributed by atoms with Gasteiger partial charge in [-0.3, -0.25) is 9.36 Å². The number of carbonyl (C=O) groups is 1. The second-order valence-electron chi connectivity index (χ2n) is 9.87. The molecule has 0 aromatic carbocycles. The molecule has 0 rings (SSSR count). The summed E-state index contributed by atoms with van der Waals surface area (Å²) in [4.78, 5) is 23.8. The van der Waals surface area contributed by atoms with Crippen molar-refractivity contribution in [1.82, 2.24) is 0 Å². The summed E-state index contributed by atoms with van der Waals surface area (Å²) in [5.41, 5.74) is 0. The Hall–Kier alpha value is -1.54. The molecule has 0 aliphatic rings. The maximum absolute atomic E-state index is 11.9. The molecule has 0 aliphatic heterocycles. The van der Waals surface area contributed by atoms with Gasteiger partial charge in [0.15, 0.2) is 0 Å². The summed E-state index contributed by atoms with van der Waals surface area (Å²) >= 11 is 0. The van der Waals surface area contributed by atoms with Crippen LogP contribution in [0.15, 0.2) is 48.6 Å². The third-order valence-electron chi connectivity index (χ3n) is 5.15. The van der Waals surface area contributed by atoms with Gasteiger partial charge in [-0.2, -0.15) is 0 Å². The Kier molecular flexibility index (Phi) is 21.5. The van der Waals surface area contributed by atoms with Gasteiger partial charge in [0.05, 0.1) is 34.4 Å². The van der Waals surface area contributed by atoms with E-state index in [0.717, 1.165) is 19.3 Å². The molecule has 0 aromatic heterocycles. The van der Waals surface area contributed by atoms with Crippen molar-refractivity contribution < 1.29 is 37.6 Å². The van der Waals surface area contributed by atoms with Crippen molar-refractivity contribution in [3.8, 4) is 0 Å². The van der Waals surface area contributed by atoms with Gasteiger partial charge in [-0.05, 0) is 38.5 Å². The monoisotopic (exact) mass is 543 g/mol. The number of phosphoric acid groups is 1. The number of hydrogen-bond acceptors (Lipinski definition) is 7. The fourth-order valence-electron chi connectivity index (χ4n) is 2.95. The molecule has 0 spiro atoms. The van der Waals surface area contributed by atoms with Gasteiger partial charge in [0.25, 0.3) is 7.82 Å². The van der Waals surface area contributed by atoms with Crippen LogP contribution in [0.2, 0.25) is 0 Å². The lowest BCUT2D eigenvalue weighted by Crippen LogP contribution is -2.37. The molecule has 0 radical (unpaired) electrons. The number of unbranched alkanes of at least 4 members (excludes halogenated alkanes) is 4. The lowest BCUT2D eigenvalue weighted by molar-refractivity contribution is -0.870. The Morgan fingerprint density at radius 1 is 0.892 bits per heavy atom. The zero-order valence-corrected chi connectivity index (χ0v) is 24.3. The van der Waals surface area contributed by atoms with Gasteiger partial charge in [-0.15, -0.1) is 0 Å². The van der Waals surface area contributed by atoms with E-state index in [-0.39, 0.29) is 13.0 Å². The van der Waals surface area contributed by atoms with Crippen LogP contribution in [0.4, 0.5) is 0 Å². The van der Waals surface area contributed by atoms with Crippen molar-refractivity contribution in [1.29, 1.82) is 0 Å². The molecule has 2 unspecified atom stereocenters. The largest absolute Gasteiger partial charge is 0.756 e. The predicted molar refractivity (Wildman–Crippen MR) is 148 cm³/mol. The average molecular weight is 544 g/mol. The minimum atomic E-state index is -4.53. The number of phosphoric ester groups is 1. The summed E-state index contributed by atoms with van der Waals surface area (Å²) in [6.07, 6.45) is 25.4. The molecule has 2 atom stereocenters. The van der Waals surface area contributed by atoms with Gasteiger partial charge in [-0.25, -0.2) is 0 Å². The number of rotatable bonds is 23. The minimum Gasteiger partial charge on any atom is -0.756 e. The molecule has 37 heavy (non-hydrogen) atoms. The minimum absolute atomic E-state index is 0.0248. The van der Waals surface area contributed by atoms with Gasteiger partial charge in [0, 0.05) is 6.42 Å². The molecule has 9 heteroatoms. The summed E-state index contributed by atoms with van der Waals surface area (Å²) < 4.78 is 27.0. The average Bonchev–Trinajstić information content (AvgIpc) is 2.82. The highest BCUT2D eigenvalue weighted by Crippen LogP contribution is 2.38. The van der Waals surface area contributed by atoms with Gasteiger partial charge >= 0.3 is 5.97 Å². The van der Waals surface area contributed by atoms with E-state index in [1.54, 1.807) is 0 Å². The van der Waals surface area contributed by atoms with Crippen LogP contribution in [0.5, 0.6) is 0 Å². The standard InChI is InChI=1S/C28H50NO7P/c1-5-6-7-8-9-10-11-12-13-14-15-16-17-18-19-20-21-22-28(31)36-27(25-30)26-35-37(32,33)34-24-23-29(2,3)4/h10-11,13-14,16-17,19-20,27,30H,5-9,12,15,18,21-26H2,1-4H3/b11-10-,14-13-,17-16-,20-19-. The number of allylic oxidation sites excluding steroid dienone is 8. The zero-order chi connectivity index (χ0) is 27.8. The Bertz CT molecular complexity index is 741. The van der Waals surface area contributed by atoms with E-state index in [1.165, 1.54) is 32.1 Å². The number of nitrogens with zero attached hydrogens (tertiary/aromatic N) is 1. The van der Waals surface area contributed by atoms with Gasteiger partial charge in [0.1, 0.15) is 19.3 Å². The molecular weight excluding hydrogens is 493 g/mol. The number of aliphatic hydroxyl groups excluding tert-OH is 1. The lowest BCUT2D eigenvalue weighted by Gasteiger charge is -2.28. The Morgan fingerprint density at radius 3 is 2.00 bits per heavy atom. The molecule has 214 valence electrons. The highest BCUT2D eigenvalue weighted by Gasteiger charge is 2.19. The second kappa shape index (κ2) is 22.4.